The molecule has 6 heteroatoms. The summed E-state index contributed by atoms with van der Waals surface area (Å²) in [7, 11) is 1.52. The Morgan fingerprint density at radius 2 is 2.13 bits per heavy atom. The second-order valence-corrected chi connectivity index (χ2v) is 5.01. The molecule has 1 amide bonds. The van der Waals surface area contributed by atoms with E-state index in [1.807, 2.05) is 6.07 Å². The number of rotatable bonds is 5. The molecule has 116 valence electrons. The number of carbonyl (C=O) groups is 1. The van der Waals surface area contributed by atoms with Crippen LogP contribution in [0.15, 0.2) is 48.3 Å². The van der Waals surface area contributed by atoms with Crippen LogP contribution in [0.2, 0.25) is 5.02 Å². The fraction of sp³-hybridized carbons (Fsp3) is 0.118. The summed E-state index contributed by atoms with van der Waals surface area (Å²) in [4.78, 5) is 16.0. The molecule has 0 saturated heterocycles. The van der Waals surface area contributed by atoms with Gasteiger partial charge in [0.05, 0.1) is 12.1 Å². The van der Waals surface area contributed by atoms with Gasteiger partial charge in [-0.15, -0.1) is 0 Å². The Morgan fingerprint density at radius 3 is 2.74 bits per heavy atom. The summed E-state index contributed by atoms with van der Waals surface area (Å²) in [6.45, 7) is 0.323. The second-order valence-electron chi connectivity index (χ2n) is 4.60. The third-order valence-corrected chi connectivity index (χ3v) is 3.35. The number of ether oxygens (including phenoxy) is 1. The van der Waals surface area contributed by atoms with Crippen molar-refractivity contribution in [2.24, 2.45) is 0 Å². The average molecular weight is 328 g/mol. The first-order chi connectivity index (χ1) is 11.1. The minimum Gasteiger partial charge on any atom is -0.495 e. The predicted molar refractivity (Wildman–Crippen MR) is 87.7 cm³/mol. The zero-order valence-electron chi connectivity index (χ0n) is 12.4. The third-order valence-electron chi connectivity index (χ3n) is 3.05. The van der Waals surface area contributed by atoms with Gasteiger partial charge < -0.3 is 10.1 Å². The molecule has 0 aliphatic heterocycles. The van der Waals surface area contributed by atoms with Crippen LogP contribution in [0.1, 0.15) is 11.1 Å². The second kappa shape index (κ2) is 7.97. The van der Waals surface area contributed by atoms with Crippen LogP contribution in [-0.4, -0.2) is 18.0 Å². The lowest BCUT2D eigenvalue weighted by Crippen LogP contribution is -2.23. The van der Waals surface area contributed by atoms with E-state index in [4.69, 9.17) is 16.3 Å². The highest BCUT2D eigenvalue weighted by molar-refractivity contribution is 6.32. The van der Waals surface area contributed by atoms with Crippen molar-refractivity contribution in [2.75, 3.05) is 7.11 Å². The molecule has 0 unspecified atom stereocenters. The van der Waals surface area contributed by atoms with Crippen LogP contribution in [0, 0.1) is 11.3 Å². The maximum absolute atomic E-state index is 12.1. The normalized spacial score (nSPS) is 10.7. The molecule has 2 aromatic rings. The van der Waals surface area contributed by atoms with E-state index in [1.54, 1.807) is 42.7 Å². The summed E-state index contributed by atoms with van der Waals surface area (Å²) in [5.41, 5.74) is 1.55. The van der Waals surface area contributed by atoms with Gasteiger partial charge in [-0.1, -0.05) is 17.7 Å². The Labute approximate surface area is 139 Å². The van der Waals surface area contributed by atoms with E-state index in [0.29, 0.717) is 22.9 Å². The van der Waals surface area contributed by atoms with Gasteiger partial charge in [0, 0.05) is 18.9 Å². The maximum atomic E-state index is 12.1. The highest BCUT2D eigenvalue weighted by Crippen LogP contribution is 2.25. The van der Waals surface area contributed by atoms with Gasteiger partial charge in [-0.25, -0.2) is 0 Å². The molecular weight excluding hydrogens is 314 g/mol. The number of nitriles is 1. The molecule has 0 radical (unpaired) electrons. The minimum atomic E-state index is -0.448. The van der Waals surface area contributed by atoms with Crippen molar-refractivity contribution in [2.45, 2.75) is 6.54 Å². The lowest BCUT2D eigenvalue weighted by molar-refractivity contribution is -0.117. The third kappa shape index (κ3) is 4.56. The summed E-state index contributed by atoms with van der Waals surface area (Å²) >= 11 is 6.03. The van der Waals surface area contributed by atoms with Crippen molar-refractivity contribution in [3.05, 3.63) is 64.4 Å². The van der Waals surface area contributed by atoms with Crippen LogP contribution < -0.4 is 10.1 Å². The number of amides is 1. The number of benzene rings is 1. The van der Waals surface area contributed by atoms with Crippen molar-refractivity contribution >= 4 is 23.6 Å². The van der Waals surface area contributed by atoms with E-state index < -0.39 is 5.91 Å². The summed E-state index contributed by atoms with van der Waals surface area (Å²) in [6.07, 6.45) is 4.76. The smallest absolute Gasteiger partial charge is 0.262 e. The molecule has 0 fully saturated rings. The number of pyridine rings is 1. The molecule has 1 heterocycles. The average Bonchev–Trinajstić information content (AvgIpc) is 2.58. The van der Waals surface area contributed by atoms with Crippen LogP contribution in [0.25, 0.3) is 6.08 Å². The number of hydrogen-bond acceptors (Lipinski definition) is 4. The van der Waals surface area contributed by atoms with Crippen molar-refractivity contribution in [3.8, 4) is 11.8 Å². The highest BCUT2D eigenvalue weighted by atomic mass is 35.5. The molecule has 5 nitrogen and oxygen atoms in total. The maximum Gasteiger partial charge on any atom is 0.262 e. The standard InChI is InChI=1S/C17H14ClN3O2/c1-23-16-3-2-13(9-15(16)18)8-14(10-19)17(22)21-11-12-4-6-20-7-5-12/h2-9H,11H2,1H3,(H,21,22)/b14-8+. The molecule has 1 aromatic heterocycles. The molecule has 0 saturated carbocycles. The SMILES string of the molecule is COc1ccc(/C=C(\C#N)C(=O)NCc2ccncc2)cc1Cl. The zero-order chi connectivity index (χ0) is 16.7. The van der Waals surface area contributed by atoms with Gasteiger partial charge in [0.15, 0.2) is 0 Å². The summed E-state index contributed by atoms with van der Waals surface area (Å²) < 4.78 is 5.06. The lowest BCUT2D eigenvalue weighted by Gasteiger charge is -2.05. The molecule has 0 atom stereocenters. The monoisotopic (exact) mass is 327 g/mol. The van der Waals surface area contributed by atoms with Gasteiger partial charge in [-0.3, -0.25) is 9.78 Å². The number of aromatic nitrogens is 1. The molecule has 23 heavy (non-hydrogen) atoms. The quantitative estimate of drug-likeness (QED) is 0.676. The highest BCUT2D eigenvalue weighted by Gasteiger charge is 2.09. The first kappa shape index (κ1) is 16.5. The number of carbonyl (C=O) groups excluding carboxylic acids is 1. The van der Waals surface area contributed by atoms with Crippen LogP contribution in [0.3, 0.4) is 0 Å². The van der Waals surface area contributed by atoms with Crippen molar-refractivity contribution in [3.63, 3.8) is 0 Å². The van der Waals surface area contributed by atoms with Crippen LogP contribution in [-0.2, 0) is 11.3 Å². The molecule has 0 spiro atoms. The van der Waals surface area contributed by atoms with Crippen LogP contribution in [0.5, 0.6) is 5.75 Å². The number of hydrogen-bond donors (Lipinski definition) is 1. The molecule has 2 rings (SSSR count). The fourth-order valence-corrected chi connectivity index (χ4v) is 2.13. The minimum absolute atomic E-state index is 0.000268. The van der Waals surface area contributed by atoms with Crippen LogP contribution >= 0.6 is 11.6 Å². The Morgan fingerprint density at radius 1 is 1.39 bits per heavy atom. The first-order valence-corrected chi connectivity index (χ1v) is 7.14. The van der Waals surface area contributed by atoms with Gasteiger partial charge in [0.2, 0.25) is 0 Å². The predicted octanol–water partition coefficient (Wildman–Crippen LogP) is 2.97. The summed E-state index contributed by atoms with van der Waals surface area (Å²) in [5.74, 6) is 0.0840. The summed E-state index contributed by atoms with van der Waals surface area (Å²) in [5, 5.41) is 12.3. The molecule has 1 aromatic carbocycles. The van der Waals surface area contributed by atoms with Gasteiger partial charge in [-0.2, -0.15) is 5.26 Å². The fourth-order valence-electron chi connectivity index (χ4n) is 1.87. The van der Waals surface area contributed by atoms with Crippen molar-refractivity contribution in [1.29, 1.82) is 5.26 Å². The van der Waals surface area contributed by atoms with Gasteiger partial charge >= 0.3 is 0 Å². The van der Waals surface area contributed by atoms with E-state index in [2.05, 4.69) is 10.3 Å². The zero-order valence-corrected chi connectivity index (χ0v) is 13.2. The van der Waals surface area contributed by atoms with Gasteiger partial charge in [-0.05, 0) is 41.5 Å². The van der Waals surface area contributed by atoms with E-state index in [1.165, 1.54) is 13.2 Å². The van der Waals surface area contributed by atoms with E-state index >= 15 is 0 Å². The number of nitrogens with one attached hydrogen (secondary N) is 1. The largest absolute Gasteiger partial charge is 0.495 e. The van der Waals surface area contributed by atoms with Crippen LogP contribution in [0.4, 0.5) is 0 Å². The van der Waals surface area contributed by atoms with Gasteiger partial charge in [0.25, 0.3) is 5.91 Å². The molecule has 1 N–H and O–H groups in total. The van der Waals surface area contributed by atoms with Crippen molar-refractivity contribution < 1.29 is 9.53 Å². The first-order valence-electron chi connectivity index (χ1n) is 6.76. The number of methoxy groups -OCH3 is 1. The van der Waals surface area contributed by atoms with E-state index in [-0.39, 0.29) is 5.57 Å². The van der Waals surface area contributed by atoms with E-state index in [0.717, 1.165) is 5.56 Å². The Balaban J connectivity index is 2.10. The molecule has 0 aliphatic carbocycles. The van der Waals surface area contributed by atoms with Gasteiger partial charge in [0.1, 0.15) is 17.4 Å². The van der Waals surface area contributed by atoms with E-state index in [9.17, 15) is 10.1 Å². The molecular formula is C17H14ClN3O2. The number of halogens is 1. The molecule has 0 aliphatic rings. The summed E-state index contributed by atoms with van der Waals surface area (Å²) in [6, 6.07) is 10.5. The lowest BCUT2D eigenvalue weighted by atomic mass is 10.1. The Hall–Kier alpha value is -2.84. The Kier molecular flexibility index (Phi) is 5.73. The Bertz CT molecular complexity index is 767. The number of nitrogens with zero attached hydrogens (tertiary/aromatic N) is 2. The van der Waals surface area contributed by atoms with Crippen molar-refractivity contribution in [1.82, 2.24) is 10.3 Å². The molecule has 0 bridgehead atoms. The topological polar surface area (TPSA) is 75.0 Å².